The van der Waals surface area contributed by atoms with E-state index in [9.17, 15) is 4.79 Å². The maximum absolute atomic E-state index is 12.0. The van der Waals surface area contributed by atoms with Crippen LogP contribution in [0.2, 0.25) is 5.02 Å². The summed E-state index contributed by atoms with van der Waals surface area (Å²) in [6.07, 6.45) is 0.317. The summed E-state index contributed by atoms with van der Waals surface area (Å²) < 4.78 is 0. The van der Waals surface area contributed by atoms with Gasteiger partial charge >= 0.3 is 0 Å². The van der Waals surface area contributed by atoms with Crippen LogP contribution in [0.3, 0.4) is 0 Å². The molecular weight excluding hydrogens is 284 g/mol. The number of hydrogen-bond acceptors (Lipinski definition) is 2. The SMILES string of the molecule is CCNCc1cccc(NC(=O)Cc2cccc(Cl)c2)c1. The number of halogens is 1. The summed E-state index contributed by atoms with van der Waals surface area (Å²) in [5, 5.41) is 6.83. The van der Waals surface area contributed by atoms with E-state index in [0.717, 1.165) is 29.9 Å². The van der Waals surface area contributed by atoms with Crippen LogP contribution in [0.5, 0.6) is 0 Å². The fraction of sp³-hybridized carbons (Fsp3) is 0.235. The topological polar surface area (TPSA) is 41.1 Å². The van der Waals surface area contributed by atoms with Gasteiger partial charge in [-0.2, -0.15) is 0 Å². The van der Waals surface area contributed by atoms with Gasteiger partial charge in [-0.3, -0.25) is 4.79 Å². The Morgan fingerprint density at radius 1 is 1.10 bits per heavy atom. The Hall–Kier alpha value is -1.84. The molecule has 2 N–H and O–H groups in total. The molecule has 4 heteroatoms. The quantitative estimate of drug-likeness (QED) is 0.855. The number of carbonyl (C=O) groups excluding carboxylic acids is 1. The van der Waals surface area contributed by atoms with E-state index < -0.39 is 0 Å². The van der Waals surface area contributed by atoms with Crippen LogP contribution < -0.4 is 10.6 Å². The van der Waals surface area contributed by atoms with E-state index >= 15 is 0 Å². The Labute approximate surface area is 130 Å². The predicted octanol–water partition coefficient (Wildman–Crippen LogP) is 3.63. The summed E-state index contributed by atoms with van der Waals surface area (Å²) in [5.41, 5.74) is 2.87. The lowest BCUT2D eigenvalue weighted by molar-refractivity contribution is -0.115. The molecule has 0 radical (unpaired) electrons. The van der Waals surface area contributed by atoms with Crippen molar-refractivity contribution in [2.45, 2.75) is 19.9 Å². The highest BCUT2D eigenvalue weighted by Gasteiger charge is 2.05. The normalized spacial score (nSPS) is 10.4. The fourth-order valence-corrected chi connectivity index (χ4v) is 2.28. The van der Waals surface area contributed by atoms with Gasteiger partial charge in [0.25, 0.3) is 0 Å². The number of anilines is 1. The number of amides is 1. The largest absolute Gasteiger partial charge is 0.326 e. The van der Waals surface area contributed by atoms with Gasteiger partial charge in [0, 0.05) is 17.3 Å². The van der Waals surface area contributed by atoms with E-state index in [1.54, 1.807) is 6.07 Å². The zero-order valence-corrected chi connectivity index (χ0v) is 12.8. The molecular formula is C17H19ClN2O. The van der Waals surface area contributed by atoms with Crippen molar-refractivity contribution in [1.29, 1.82) is 0 Å². The molecule has 0 atom stereocenters. The van der Waals surface area contributed by atoms with Gasteiger partial charge in [-0.1, -0.05) is 42.8 Å². The maximum Gasteiger partial charge on any atom is 0.228 e. The molecule has 2 aromatic carbocycles. The molecule has 0 aromatic heterocycles. The summed E-state index contributed by atoms with van der Waals surface area (Å²) in [4.78, 5) is 12.0. The highest BCUT2D eigenvalue weighted by atomic mass is 35.5. The van der Waals surface area contributed by atoms with Crippen LogP contribution >= 0.6 is 11.6 Å². The van der Waals surface area contributed by atoms with Crippen LogP contribution in [0.15, 0.2) is 48.5 Å². The molecule has 0 fully saturated rings. The zero-order valence-electron chi connectivity index (χ0n) is 12.0. The van der Waals surface area contributed by atoms with Gasteiger partial charge < -0.3 is 10.6 Å². The zero-order chi connectivity index (χ0) is 15.1. The van der Waals surface area contributed by atoms with Gasteiger partial charge in [-0.05, 0) is 41.9 Å². The van der Waals surface area contributed by atoms with E-state index in [4.69, 9.17) is 11.6 Å². The van der Waals surface area contributed by atoms with Crippen molar-refractivity contribution in [2.75, 3.05) is 11.9 Å². The minimum absolute atomic E-state index is 0.0436. The van der Waals surface area contributed by atoms with Crippen molar-refractivity contribution in [3.63, 3.8) is 0 Å². The highest BCUT2D eigenvalue weighted by molar-refractivity contribution is 6.30. The fourth-order valence-electron chi connectivity index (χ4n) is 2.07. The first-order chi connectivity index (χ1) is 10.2. The Morgan fingerprint density at radius 3 is 2.62 bits per heavy atom. The maximum atomic E-state index is 12.0. The standard InChI is InChI=1S/C17H19ClN2O/c1-2-19-12-14-6-4-8-16(10-14)20-17(21)11-13-5-3-7-15(18)9-13/h3-10,19H,2,11-12H2,1H3,(H,20,21). The van der Waals surface area contributed by atoms with Gasteiger partial charge in [0.05, 0.1) is 6.42 Å². The number of nitrogens with one attached hydrogen (secondary N) is 2. The summed E-state index contributed by atoms with van der Waals surface area (Å²) in [7, 11) is 0. The Kier molecular flexibility index (Phi) is 5.78. The number of carbonyl (C=O) groups is 1. The molecule has 0 saturated heterocycles. The summed E-state index contributed by atoms with van der Waals surface area (Å²) in [6.45, 7) is 3.79. The van der Waals surface area contributed by atoms with Crippen molar-refractivity contribution < 1.29 is 4.79 Å². The average Bonchev–Trinajstić information content (AvgIpc) is 2.45. The van der Waals surface area contributed by atoms with Gasteiger partial charge in [-0.15, -0.1) is 0 Å². The van der Waals surface area contributed by atoms with E-state index in [-0.39, 0.29) is 5.91 Å². The van der Waals surface area contributed by atoms with E-state index in [1.165, 1.54) is 0 Å². The summed E-state index contributed by atoms with van der Waals surface area (Å²) >= 11 is 5.92. The molecule has 0 heterocycles. The van der Waals surface area contributed by atoms with Gasteiger partial charge in [0.15, 0.2) is 0 Å². The second-order valence-electron chi connectivity index (χ2n) is 4.84. The second kappa shape index (κ2) is 7.81. The van der Waals surface area contributed by atoms with E-state index in [1.807, 2.05) is 42.5 Å². The third kappa shape index (κ3) is 5.21. The lowest BCUT2D eigenvalue weighted by atomic mass is 10.1. The third-order valence-electron chi connectivity index (χ3n) is 3.04. The van der Waals surface area contributed by atoms with Crippen molar-refractivity contribution >= 4 is 23.2 Å². The molecule has 0 unspecified atom stereocenters. The lowest BCUT2D eigenvalue weighted by Gasteiger charge is -2.08. The van der Waals surface area contributed by atoms with Crippen LogP contribution in [0, 0.1) is 0 Å². The first kappa shape index (κ1) is 15.5. The van der Waals surface area contributed by atoms with Crippen LogP contribution in [0.4, 0.5) is 5.69 Å². The van der Waals surface area contributed by atoms with Crippen molar-refractivity contribution in [3.05, 3.63) is 64.7 Å². The molecule has 0 aliphatic carbocycles. The molecule has 1 amide bonds. The Balaban J connectivity index is 1.96. The monoisotopic (exact) mass is 302 g/mol. The predicted molar refractivity (Wildman–Crippen MR) is 87.6 cm³/mol. The molecule has 21 heavy (non-hydrogen) atoms. The van der Waals surface area contributed by atoms with Gasteiger partial charge in [-0.25, -0.2) is 0 Å². The minimum atomic E-state index is -0.0436. The first-order valence-electron chi connectivity index (χ1n) is 7.01. The Bertz CT molecular complexity index is 613. The summed E-state index contributed by atoms with van der Waals surface area (Å²) in [5.74, 6) is -0.0436. The third-order valence-corrected chi connectivity index (χ3v) is 3.28. The molecule has 0 bridgehead atoms. The molecule has 0 aliphatic rings. The van der Waals surface area contributed by atoms with Crippen LogP contribution in [-0.2, 0) is 17.8 Å². The molecule has 0 saturated carbocycles. The van der Waals surface area contributed by atoms with Crippen molar-refractivity contribution in [2.24, 2.45) is 0 Å². The molecule has 2 aromatic rings. The van der Waals surface area contributed by atoms with Crippen molar-refractivity contribution in [3.8, 4) is 0 Å². The average molecular weight is 303 g/mol. The summed E-state index contributed by atoms with van der Waals surface area (Å²) in [6, 6.07) is 15.2. The number of benzene rings is 2. The van der Waals surface area contributed by atoms with Crippen LogP contribution in [0.25, 0.3) is 0 Å². The van der Waals surface area contributed by atoms with Gasteiger partial charge in [0.1, 0.15) is 0 Å². The number of hydrogen-bond donors (Lipinski definition) is 2. The number of rotatable bonds is 6. The molecule has 110 valence electrons. The van der Waals surface area contributed by atoms with E-state index in [2.05, 4.69) is 17.6 Å². The molecule has 2 rings (SSSR count). The smallest absolute Gasteiger partial charge is 0.228 e. The highest BCUT2D eigenvalue weighted by Crippen LogP contribution is 2.14. The molecule has 3 nitrogen and oxygen atoms in total. The van der Waals surface area contributed by atoms with E-state index in [0.29, 0.717) is 11.4 Å². The van der Waals surface area contributed by atoms with Crippen LogP contribution in [-0.4, -0.2) is 12.5 Å². The van der Waals surface area contributed by atoms with Crippen molar-refractivity contribution in [1.82, 2.24) is 5.32 Å². The van der Waals surface area contributed by atoms with Gasteiger partial charge in [0.2, 0.25) is 5.91 Å². The first-order valence-corrected chi connectivity index (χ1v) is 7.39. The lowest BCUT2D eigenvalue weighted by Crippen LogP contribution is -2.15. The molecule has 0 spiro atoms. The minimum Gasteiger partial charge on any atom is -0.326 e. The second-order valence-corrected chi connectivity index (χ2v) is 5.27. The Morgan fingerprint density at radius 2 is 1.86 bits per heavy atom. The molecule has 0 aliphatic heterocycles. The van der Waals surface area contributed by atoms with Crippen LogP contribution in [0.1, 0.15) is 18.1 Å².